The van der Waals surface area contributed by atoms with Crippen LogP contribution in [0.5, 0.6) is 0 Å². The van der Waals surface area contributed by atoms with E-state index in [1.807, 2.05) is 42.7 Å². The van der Waals surface area contributed by atoms with Crippen LogP contribution in [0.15, 0.2) is 53.7 Å². The number of nitrogens with zero attached hydrogens (tertiary/aromatic N) is 3. The Bertz CT molecular complexity index is 1050. The lowest BCUT2D eigenvalue weighted by atomic mass is 10.2. The summed E-state index contributed by atoms with van der Waals surface area (Å²) in [6.45, 7) is 4.47. The summed E-state index contributed by atoms with van der Waals surface area (Å²) in [5, 5.41) is 15.0. The van der Waals surface area contributed by atoms with Crippen molar-refractivity contribution in [2.75, 3.05) is 16.4 Å². The lowest BCUT2D eigenvalue weighted by Crippen LogP contribution is -2.18. The number of anilines is 2. The summed E-state index contributed by atoms with van der Waals surface area (Å²) in [6.07, 6.45) is 0.0576. The number of benzene rings is 2. The van der Waals surface area contributed by atoms with Crippen molar-refractivity contribution in [3.63, 3.8) is 0 Å². The molecular weight excluding hydrogens is 422 g/mol. The van der Waals surface area contributed by atoms with E-state index in [4.69, 9.17) is 11.6 Å². The maximum absolute atomic E-state index is 12.4. The average Bonchev–Trinajstić information content (AvgIpc) is 3.11. The Labute approximate surface area is 184 Å². The van der Waals surface area contributed by atoms with E-state index in [2.05, 4.69) is 20.8 Å². The van der Waals surface area contributed by atoms with Crippen LogP contribution in [0.25, 0.3) is 0 Å². The minimum atomic E-state index is -0.237. The molecule has 0 spiro atoms. The van der Waals surface area contributed by atoms with Gasteiger partial charge in [0.1, 0.15) is 5.82 Å². The predicted octanol–water partition coefficient (Wildman–Crippen LogP) is 4.17. The van der Waals surface area contributed by atoms with Gasteiger partial charge < -0.3 is 15.2 Å². The summed E-state index contributed by atoms with van der Waals surface area (Å²) in [5.74, 6) is 0.360. The van der Waals surface area contributed by atoms with Gasteiger partial charge in [-0.2, -0.15) is 0 Å². The van der Waals surface area contributed by atoms with Crippen molar-refractivity contribution in [1.29, 1.82) is 0 Å². The maximum Gasteiger partial charge on any atom is 0.234 e. The van der Waals surface area contributed by atoms with Crippen LogP contribution in [0.1, 0.15) is 18.3 Å². The number of nitrogens with one attached hydrogen (secondary N) is 2. The molecule has 156 valence electrons. The Balaban J connectivity index is 1.60. The van der Waals surface area contributed by atoms with Gasteiger partial charge in [-0.15, -0.1) is 10.2 Å². The molecule has 0 atom stereocenters. The molecule has 2 amide bonds. The van der Waals surface area contributed by atoms with Gasteiger partial charge in [-0.3, -0.25) is 9.59 Å². The molecule has 0 saturated heterocycles. The van der Waals surface area contributed by atoms with E-state index >= 15 is 0 Å². The Kier molecular flexibility index (Phi) is 7.48. The van der Waals surface area contributed by atoms with Crippen molar-refractivity contribution >= 4 is 46.6 Å². The van der Waals surface area contributed by atoms with Crippen LogP contribution in [-0.2, 0) is 22.6 Å². The van der Waals surface area contributed by atoms with Crippen LogP contribution in [0, 0.1) is 6.92 Å². The van der Waals surface area contributed by atoms with Crippen LogP contribution in [-0.4, -0.2) is 32.3 Å². The van der Waals surface area contributed by atoms with E-state index in [0.29, 0.717) is 28.2 Å². The predicted molar refractivity (Wildman–Crippen MR) is 120 cm³/mol. The van der Waals surface area contributed by atoms with E-state index in [1.165, 1.54) is 11.8 Å². The molecule has 2 aromatic carbocycles. The topological polar surface area (TPSA) is 88.9 Å². The van der Waals surface area contributed by atoms with Gasteiger partial charge in [0.05, 0.1) is 22.9 Å². The summed E-state index contributed by atoms with van der Waals surface area (Å²) < 4.78 is 1.83. The molecule has 0 bridgehead atoms. The Morgan fingerprint density at radius 3 is 2.37 bits per heavy atom. The Hall–Kier alpha value is -2.84. The standard InChI is InChI=1S/C21H22ClN5O2S/c1-3-27-18(12-19(28)24-17-11-7-5-9-15(17)22)25-26-21(27)30-13-20(29)23-16-10-6-4-8-14(16)2/h4-11H,3,12-13H2,1-2H3,(H,23,29)(H,24,28). The lowest BCUT2D eigenvalue weighted by molar-refractivity contribution is -0.116. The minimum Gasteiger partial charge on any atom is -0.325 e. The fourth-order valence-corrected chi connectivity index (χ4v) is 3.81. The molecule has 2 N–H and O–H groups in total. The van der Waals surface area contributed by atoms with E-state index < -0.39 is 0 Å². The third-order valence-electron chi connectivity index (χ3n) is 4.33. The first kappa shape index (κ1) is 21.9. The van der Waals surface area contributed by atoms with Crippen molar-refractivity contribution in [2.45, 2.75) is 32.0 Å². The normalized spacial score (nSPS) is 10.6. The summed E-state index contributed by atoms with van der Waals surface area (Å²) >= 11 is 7.37. The van der Waals surface area contributed by atoms with E-state index in [-0.39, 0.29) is 24.0 Å². The number of para-hydroxylation sites is 2. The third kappa shape index (κ3) is 5.61. The molecule has 0 fully saturated rings. The molecule has 9 heteroatoms. The number of aryl methyl sites for hydroxylation is 1. The fourth-order valence-electron chi connectivity index (χ4n) is 2.80. The van der Waals surface area contributed by atoms with E-state index in [1.54, 1.807) is 24.3 Å². The maximum atomic E-state index is 12.4. The summed E-state index contributed by atoms with van der Waals surface area (Å²) in [4.78, 5) is 24.7. The van der Waals surface area contributed by atoms with Crippen LogP contribution in [0.3, 0.4) is 0 Å². The highest BCUT2D eigenvalue weighted by Gasteiger charge is 2.16. The minimum absolute atomic E-state index is 0.0576. The molecule has 0 aliphatic rings. The van der Waals surface area contributed by atoms with Crippen molar-refractivity contribution in [2.24, 2.45) is 0 Å². The third-order valence-corrected chi connectivity index (χ3v) is 5.62. The number of amides is 2. The van der Waals surface area contributed by atoms with Gasteiger partial charge >= 0.3 is 0 Å². The summed E-state index contributed by atoms with van der Waals surface area (Å²) in [5.41, 5.74) is 2.34. The number of hydrogen-bond donors (Lipinski definition) is 2. The number of aromatic nitrogens is 3. The van der Waals surface area contributed by atoms with Crippen molar-refractivity contribution < 1.29 is 9.59 Å². The fraction of sp³-hybridized carbons (Fsp3) is 0.238. The number of hydrogen-bond acceptors (Lipinski definition) is 5. The molecule has 30 heavy (non-hydrogen) atoms. The zero-order chi connectivity index (χ0) is 21.5. The number of rotatable bonds is 8. The Morgan fingerprint density at radius 2 is 1.67 bits per heavy atom. The van der Waals surface area contributed by atoms with Crippen LogP contribution < -0.4 is 10.6 Å². The second-order valence-electron chi connectivity index (χ2n) is 6.50. The molecule has 7 nitrogen and oxygen atoms in total. The van der Waals surface area contributed by atoms with Gasteiger partial charge in [0.15, 0.2) is 5.16 Å². The van der Waals surface area contributed by atoms with E-state index in [9.17, 15) is 9.59 Å². The quantitative estimate of drug-likeness (QED) is 0.510. The molecule has 0 radical (unpaired) electrons. The second kappa shape index (κ2) is 10.3. The molecular formula is C21H22ClN5O2S. The highest BCUT2D eigenvalue weighted by molar-refractivity contribution is 7.99. The van der Waals surface area contributed by atoms with Gasteiger partial charge in [0.2, 0.25) is 11.8 Å². The molecule has 1 aromatic heterocycles. The van der Waals surface area contributed by atoms with Gasteiger partial charge in [-0.25, -0.2) is 0 Å². The monoisotopic (exact) mass is 443 g/mol. The van der Waals surface area contributed by atoms with Gasteiger partial charge in [0.25, 0.3) is 0 Å². The van der Waals surface area contributed by atoms with Gasteiger partial charge in [-0.1, -0.05) is 53.7 Å². The molecule has 3 rings (SSSR count). The van der Waals surface area contributed by atoms with Crippen molar-refractivity contribution in [1.82, 2.24) is 14.8 Å². The Morgan fingerprint density at radius 1 is 1.00 bits per heavy atom. The number of halogens is 1. The number of carbonyl (C=O) groups is 2. The highest BCUT2D eigenvalue weighted by atomic mass is 35.5. The highest BCUT2D eigenvalue weighted by Crippen LogP contribution is 2.22. The first-order valence-electron chi connectivity index (χ1n) is 9.42. The average molecular weight is 444 g/mol. The molecule has 3 aromatic rings. The first-order chi connectivity index (χ1) is 14.5. The SMILES string of the molecule is CCn1c(CC(=O)Nc2ccccc2Cl)nnc1SCC(=O)Nc1ccccc1C. The lowest BCUT2D eigenvalue weighted by Gasteiger charge is -2.10. The smallest absolute Gasteiger partial charge is 0.234 e. The van der Waals surface area contributed by atoms with Gasteiger partial charge in [0, 0.05) is 12.2 Å². The summed E-state index contributed by atoms with van der Waals surface area (Å²) in [7, 11) is 0. The molecule has 0 unspecified atom stereocenters. The van der Waals surface area contributed by atoms with Crippen molar-refractivity contribution in [3.05, 3.63) is 64.9 Å². The largest absolute Gasteiger partial charge is 0.325 e. The first-order valence-corrected chi connectivity index (χ1v) is 10.8. The van der Waals surface area contributed by atoms with Crippen LogP contribution >= 0.6 is 23.4 Å². The van der Waals surface area contributed by atoms with E-state index in [0.717, 1.165) is 11.3 Å². The number of thioether (sulfide) groups is 1. The molecule has 0 aliphatic carbocycles. The van der Waals surface area contributed by atoms with Crippen LogP contribution in [0.2, 0.25) is 5.02 Å². The zero-order valence-electron chi connectivity index (χ0n) is 16.7. The van der Waals surface area contributed by atoms with Crippen molar-refractivity contribution in [3.8, 4) is 0 Å². The molecule has 0 saturated carbocycles. The summed E-state index contributed by atoms with van der Waals surface area (Å²) in [6, 6.07) is 14.6. The van der Waals surface area contributed by atoms with Gasteiger partial charge in [-0.05, 0) is 37.6 Å². The number of carbonyl (C=O) groups excluding carboxylic acids is 2. The molecule has 0 aliphatic heterocycles. The second-order valence-corrected chi connectivity index (χ2v) is 7.85. The van der Waals surface area contributed by atoms with Crippen LogP contribution in [0.4, 0.5) is 11.4 Å². The zero-order valence-corrected chi connectivity index (χ0v) is 18.3. The molecule has 1 heterocycles.